The third kappa shape index (κ3) is 20.1. The van der Waals surface area contributed by atoms with E-state index in [1.165, 1.54) is 26.5 Å². The van der Waals surface area contributed by atoms with E-state index in [4.69, 9.17) is 4.74 Å². The summed E-state index contributed by atoms with van der Waals surface area (Å²) >= 11 is 4.13. The van der Waals surface area contributed by atoms with Gasteiger partial charge in [-0.2, -0.15) is 0 Å². The molecule has 0 aliphatic rings. The highest BCUT2D eigenvalue weighted by molar-refractivity contribution is 7.80. The van der Waals surface area contributed by atoms with Gasteiger partial charge >= 0.3 is 17.9 Å². The van der Waals surface area contributed by atoms with Crippen LogP contribution in [0.25, 0.3) is 11.1 Å². The molecule has 0 radical (unpaired) electrons. The van der Waals surface area contributed by atoms with Crippen molar-refractivity contribution in [1.82, 2.24) is 10.6 Å². The third-order valence-electron chi connectivity index (χ3n) is 7.18. The van der Waals surface area contributed by atoms with Gasteiger partial charge in [0.15, 0.2) is 12.4 Å². The molecule has 11 nitrogen and oxygen atoms in total. The maximum atomic E-state index is 12.5. The van der Waals surface area contributed by atoms with Gasteiger partial charge < -0.3 is 30.0 Å². The first-order valence-electron chi connectivity index (χ1n) is 16.2. The van der Waals surface area contributed by atoms with Gasteiger partial charge in [-0.25, -0.2) is 4.79 Å². The number of esters is 3. The lowest BCUT2D eigenvalue weighted by atomic mass is 10.0. The van der Waals surface area contributed by atoms with E-state index in [-0.39, 0.29) is 37.9 Å². The quantitative estimate of drug-likeness (QED) is 0.0714. The lowest BCUT2D eigenvalue weighted by Crippen LogP contribution is -2.37. The van der Waals surface area contributed by atoms with E-state index >= 15 is 0 Å². The zero-order chi connectivity index (χ0) is 37.3. The van der Waals surface area contributed by atoms with Crippen molar-refractivity contribution in [2.45, 2.75) is 76.0 Å². The standard InChI is InChI=1S/C27H36N2O6.C7H8S.C4H6O3/c1-19(30)35-24(15-13-23(28-2)14-16-25(31)27(33)34-3)18-29-26(32)17-20-9-11-22(12-10-20)21-7-5-4-6-8-21;1-6-2-4-7(8)5-3-6;1-4(6)7-3-2-5/h4-12,23-25,28,31H,13-18H2,1-3H3,(H,29,32);2-5,8H,1H3;2H,3H2,1H3. The molecule has 3 atom stereocenters. The predicted molar refractivity (Wildman–Crippen MR) is 195 cm³/mol. The molecular formula is C38H50N2O9S. The van der Waals surface area contributed by atoms with E-state index < -0.39 is 30.1 Å². The number of hydrogen-bond donors (Lipinski definition) is 4. The van der Waals surface area contributed by atoms with Gasteiger partial charge in [-0.1, -0.05) is 72.3 Å². The Hall–Kier alpha value is -4.52. The number of aliphatic hydroxyl groups is 1. The fourth-order valence-electron chi connectivity index (χ4n) is 4.49. The van der Waals surface area contributed by atoms with E-state index in [1.54, 1.807) is 7.05 Å². The molecule has 0 saturated carbocycles. The van der Waals surface area contributed by atoms with Crippen LogP contribution >= 0.6 is 12.6 Å². The van der Waals surface area contributed by atoms with Gasteiger partial charge in [0.25, 0.3) is 0 Å². The largest absolute Gasteiger partial charge is 0.467 e. The van der Waals surface area contributed by atoms with Gasteiger partial charge in [-0.05, 0) is 68.5 Å². The fourth-order valence-corrected chi connectivity index (χ4v) is 4.64. The minimum Gasteiger partial charge on any atom is -0.467 e. The Labute approximate surface area is 300 Å². The second-order valence-electron chi connectivity index (χ2n) is 11.3. The maximum Gasteiger partial charge on any atom is 0.334 e. The van der Waals surface area contributed by atoms with Crippen LogP contribution in [0.3, 0.4) is 0 Å². The Morgan fingerprint density at radius 2 is 1.44 bits per heavy atom. The van der Waals surface area contributed by atoms with Crippen molar-refractivity contribution < 1.29 is 43.3 Å². The van der Waals surface area contributed by atoms with Crippen LogP contribution in [0.1, 0.15) is 50.7 Å². The number of rotatable bonds is 16. The minimum absolute atomic E-state index is 0.00574. The Morgan fingerprint density at radius 1 is 0.840 bits per heavy atom. The maximum absolute atomic E-state index is 12.5. The fraction of sp³-hybridized carbons (Fsp3) is 0.395. The van der Waals surface area contributed by atoms with Crippen molar-refractivity contribution in [3.63, 3.8) is 0 Å². The SMILES string of the molecule is CC(=O)OCC=O.CNC(CCC(CNC(=O)Cc1ccc(-c2ccccc2)cc1)OC(C)=O)CCC(O)C(=O)OC.Cc1ccc(S)cc1. The van der Waals surface area contributed by atoms with E-state index in [0.29, 0.717) is 25.5 Å². The number of benzene rings is 3. The molecule has 272 valence electrons. The van der Waals surface area contributed by atoms with Gasteiger partial charge in [0.2, 0.25) is 5.91 Å². The van der Waals surface area contributed by atoms with Gasteiger partial charge in [0, 0.05) is 24.8 Å². The van der Waals surface area contributed by atoms with E-state index in [9.17, 15) is 29.1 Å². The highest BCUT2D eigenvalue weighted by Crippen LogP contribution is 2.19. The molecule has 0 aromatic heterocycles. The van der Waals surface area contributed by atoms with Gasteiger partial charge in [-0.15, -0.1) is 12.6 Å². The molecule has 1 amide bonds. The molecule has 0 heterocycles. The number of aryl methyl sites for hydroxylation is 1. The number of carbonyl (C=O) groups is 5. The average Bonchev–Trinajstić information content (AvgIpc) is 3.11. The Bertz CT molecular complexity index is 1410. The Morgan fingerprint density at radius 3 is 1.94 bits per heavy atom. The lowest BCUT2D eigenvalue weighted by Gasteiger charge is -2.22. The van der Waals surface area contributed by atoms with Crippen LogP contribution in [-0.2, 0) is 44.6 Å². The van der Waals surface area contributed by atoms with Crippen molar-refractivity contribution in [3.8, 4) is 11.1 Å². The van der Waals surface area contributed by atoms with Crippen LogP contribution < -0.4 is 10.6 Å². The minimum atomic E-state index is -1.17. The number of methoxy groups -OCH3 is 1. The van der Waals surface area contributed by atoms with Gasteiger partial charge in [0.1, 0.15) is 12.7 Å². The summed E-state index contributed by atoms with van der Waals surface area (Å²) in [6.07, 6.45) is 1.08. The number of aldehydes is 1. The number of carbonyl (C=O) groups excluding carboxylic acids is 5. The summed E-state index contributed by atoms with van der Waals surface area (Å²) in [5.41, 5.74) is 4.38. The van der Waals surface area contributed by atoms with Crippen LogP contribution in [0.5, 0.6) is 0 Å². The number of thiol groups is 1. The van der Waals surface area contributed by atoms with Crippen LogP contribution in [-0.4, -0.2) is 80.8 Å². The topological polar surface area (TPSA) is 157 Å². The number of aliphatic hydroxyl groups excluding tert-OH is 1. The Balaban J connectivity index is 0.000000683. The number of nitrogens with one attached hydrogen (secondary N) is 2. The zero-order valence-corrected chi connectivity index (χ0v) is 30.3. The molecule has 0 aliphatic heterocycles. The second kappa shape index (κ2) is 25.5. The summed E-state index contributed by atoms with van der Waals surface area (Å²) in [4.78, 5) is 55.7. The molecule has 3 N–H and O–H groups in total. The number of ether oxygens (including phenoxy) is 3. The first kappa shape index (κ1) is 43.5. The summed E-state index contributed by atoms with van der Waals surface area (Å²) in [6.45, 7) is 4.74. The molecule has 50 heavy (non-hydrogen) atoms. The lowest BCUT2D eigenvalue weighted by molar-refractivity contribution is -0.151. The summed E-state index contributed by atoms with van der Waals surface area (Å²) in [5.74, 6) is -1.65. The molecular weight excluding hydrogens is 660 g/mol. The van der Waals surface area contributed by atoms with Crippen molar-refractivity contribution in [2.24, 2.45) is 0 Å². The highest BCUT2D eigenvalue weighted by Gasteiger charge is 2.20. The molecule has 0 spiro atoms. The van der Waals surface area contributed by atoms with Crippen LogP contribution in [0.15, 0.2) is 83.8 Å². The first-order valence-corrected chi connectivity index (χ1v) is 16.7. The Kier molecular flexibility index (Phi) is 22.1. The normalized spacial score (nSPS) is 11.9. The molecule has 0 aliphatic carbocycles. The monoisotopic (exact) mass is 710 g/mol. The number of amides is 1. The van der Waals surface area contributed by atoms with Crippen LogP contribution in [0, 0.1) is 6.92 Å². The van der Waals surface area contributed by atoms with Gasteiger partial charge in [0.05, 0.1) is 20.1 Å². The molecule has 3 aromatic carbocycles. The summed E-state index contributed by atoms with van der Waals surface area (Å²) in [5, 5.41) is 15.8. The predicted octanol–water partition coefficient (Wildman–Crippen LogP) is 4.66. The summed E-state index contributed by atoms with van der Waals surface area (Å²) in [6, 6.07) is 25.9. The number of hydrogen-bond acceptors (Lipinski definition) is 11. The second-order valence-corrected chi connectivity index (χ2v) is 11.8. The van der Waals surface area contributed by atoms with E-state index in [2.05, 4.69) is 39.7 Å². The smallest absolute Gasteiger partial charge is 0.334 e. The third-order valence-corrected chi connectivity index (χ3v) is 7.48. The molecule has 0 bridgehead atoms. The van der Waals surface area contributed by atoms with Crippen molar-refractivity contribution in [2.75, 3.05) is 27.3 Å². The van der Waals surface area contributed by atoms with Crippen molar-refractivity contribution in [3.05, 3.63) is 90.0 Å². The first-order chi connectivity index (χ1) is 23.9. The molecule has 0 saturated heterocycles. The van der Waals surface area contributed by atoms with Crippen molar-refractivity contribution in [1.29, 1.82) is 0 Å². The van der Waals surface area contributed by atoms with E-state index in [1.807, 2.05) is 78.9 Å². The van der Waals surface area contributed by atoms with Crippen LogP contribution in [0.4, 0.5) is 0 Å². The van der Waals surface area contributed by atoms with Crippen LogP contribution in [0.2, 0.25) is 0 Å². The van der Waals surface area contributed by atoms with Crippen molar-refractivity contribution >= 4 is 42.7 Å². The average molecular weight is 711 g/mol. The van der Waals surface area contributed by atoms with E-state index in [0.717, 1.165) is 21.6 Å². The molecule has 3 aromatic rings. The van der Waals surface area contributed by atoms with Gasteiger partial charge in [-0.3, -0.25) is 19.2 Å². The molecule has 0 fully saturated rings. The zero-order valence-electron chi connectivity index (χ0n) is 29.4. The summed E-state index contributed by atoms with van der Waals surface area (Å²) in [7, 11) is 3.03. The highest BCUT2D eigenvalue weighted by atomic mass is 32.1. The molecule has 3 rings (SSSR count). The summed E-state index contributed by atoms with van der Waals surface area (Å²) < 4.78 is 14.1. The molecule has 3 unspecified atom stereocenters. The molecule has 12 heteroatoms.